The number of halogens is 1. The number of rotatable bonds is 10. The molecule has 3 amide bonds. The van der Waals surface area contributed by atoms with E-state index in [4.69, 9.17) is 14.0 Å². The number of ether oxygens (including phenoxy) is 2. The van der Waals surface area contributed by atoms with Crippen molar-refractivity contribution < 1.29 is 32.8 Å². The number of methoxy groups -OCH3 is 2. The molecule has 10 nitrogen and oxygen atoms in total. The molecule has 0 saturated carbocycles. The van der Waals surface area contributed by atoms with Crippen molar-refractivity contribution in [2.45, 2.75) is 52.1 Å². The summed E-state index contributed by atoms with van der Waals surface area (Å²) in [7, 11) is 2.88. The van der Waals surface area contributed by atoms with Gasteiger partial charge in [0.1, 0.15) is 17.6 Å². The third-order valence-electron chi connectivity index (χ3n) is 5.55. The second-order valence-electron chi connectivity index (χ2n) is 9.84. The summed E-state index contributed by atoms with van der Waals surface area (Å²) in [6.07, 6.45) is -0.510. The molecular weight excluding hydrogens is 507 g/mol. The number of benzene rings is 2. The van der Waals surface area contributed by atoms with Crippen molar-refractivity contribution >= 4 is 29.2 Å². The van der Waals surface area contributed by atoms with E-state index in [0.29, 0.717) is 17.1 Å². The first-order valence-corrected chi connectivity index (χ1v) is 12.3. The van der Waals surface area contributed by atoms with Crippen LogP contribution in [-0.4, -0.2) is 42.6 Å². The fraction of sp³-hybridized carbons (Fsp3) is 0.357. The van der Waals surface area contributed by atoms with Gasteiger partial charge in [-0.1, -0.05) is 23.4 Å². The maximum Gasteiger partial charge on any atom is 0.248 e. The number of hydrogen-bond acceptors (Lipinski definition) is 7. The molecule has 0 aliphatic rings. The van der Waals surface area contributed by atoms with E-state index >= 15 is 0 Å². The van der Waals surface area contributed by atoms with Crippen LogP contribution < -0.4 is 25.0 Å². The smallest absolute Gasteiger partial charge is 0.248 e. The van der Waals surface area contributed by atoms with Crippen LogP contribution >= 0.6 is 0 Å². The fourth-order valence-corrected chi connectivity index (χ4v) is 4.00. The lowest BCUT2D eigenvalue weighted by Gasteiger charge is -2.34. The van der Waals surface area contributed by atoms with Gasteiger partial charge in [0.2, 0.25) is 17.7 Å². The molecule has 3 rings (SSSR count). The topological polar surface area (TPSA) is 123 Å². The second-order valence-corrected chi connectivity index (χ2v) is 9.84. The standard InChI is InChI=1S/C28H33FN4O6/c1-17-15-22(32-39-17)30-23(34)13-14-24(35)33(19-10-7-9-18(29)16-19)25(27(36)31-28(2,3)4)20-11-8-12-21(37-5)26(20)38-6/h7-12,15-16,25H,13-14H2,1-6H3,(H,31,36)(H,30,32,34)/t25-/m0/s1. The summed E-state index contributed by atoms with van der Waals surface area (Å²) in [6, 6.07) is 10.5. The Morgan fingerprint density at radius 3 is 2.36 bits per heavy atom. The summed E-state index contributed by atoms with van der Waals surface area (Å²) < 4.78 is 30.3. The number of amides is 3. The average molecular weight is 541 g/mol. The molecule has 0 saturated heterocycles. The Balaban J connectivity index is 2.06. The first-order chi connectivity index (χ1) is 18.4. The molecule has 1 aromatic heterocycles. The quantitative estimate of drug-likeness (QED) is 0.387. The van der Waals surface area contributed by atoms with Crippen molar-refractivity contribution in [2.24, 2.45) is 0 Å². The number of aryl methyl sites for hydroxylation is 1. The molecule has 1 heterocycles. The summed E-state index contributed by atoms with van der Waals surface area (Å²) >= 11 is 0. The van der Waals surface area contributed by atoms with Crippen LogP contribution in [0.4, 0.5) is 15.9 Å². The Hall–Kier alpha value is -4.41. The minimum Gasteiger partial charge on any atom is -0.493 e. The molecule has 0 radical (unpaired) electrons. The second kappa shape index (κ2) is 12.4. The molecule has 39 heavy (non-hydrogen) atoms. The number of carbonyl (C=O) groups excluding carboxylic acids is 3. The van der Waals surface area contributed by atoms with E-state index in [1.54, 1.807) is 52.0 Å². The highest BCUT2D eigenvalue weighted by atomic mass is 19.1. The Morgan fingerprint density at radius 1 is 1.05 bits per heavy atom. The van der Waals surface area contributed by atoms with Crippen LogP contribution in [0.5, 0.6) is 11.5 Å². The van der Waals surface area contributed by atoms with Gasteiger partial charge < -0.3 is 24.6 Å². The summed E-state index contributed by atoms with van der Waals surface area (Å²) in [5.74, 6) is -0.892. The van der Waals surface area contributed by atoms with E-state index in [1.165, 1.54) is 37.3 Å². The Kier molecular flexibility index (Phi) is 9.29. The summed E-state index contributed by atoms with van der Waals surface area (Å²) in [6.45, 7) is 7.08. The maximum absolute atomic E-state index is 14.4. The van der Waals surface area contributed by atoms with Gasteiger partial charge in [0.15, 0.2) is 17.3 Å². The van der Waals surface area contributed by atoms with Crippen molar-refractivity contribution in [3.05, 3.63) is 65.7 Å². The minimum atomic E-state index is -1.29. The summed E-state index contributed by atoms with van der Waals surface area (Å²) in [5.41, 5.74) is -0.210. The number of nitrogens with one attached hydrogen (secondary N) is 2. The number of hydrogen-bond donors (Lipinski definition) is 2. The van der Waals surface area contributed by atoms with Gasteiger partial charge in [0.25, 0.3) is 0 Å². The van der Waals surface area contributed by atoms with Gasteiger partial charge in [0.05, 0.1) is 14.2 Å². The van der Waals surface area contributed by atoms with E-state index in [-0.39, 0.29) is 30.1 Å². The van der Waals surface area contributed by atoms with Crippen molar-refractivity contribution in [3.8, 4) is 11.5 Å². The molecule has 0 aliphatic carbocycles. The van der Waals surface area contributed by atoms with Gasteiger partial charge in [0, 0.05) is 35.7 Å². The van der Waals surface area contributed by atoms with E-state index in [9.17, 15) is 18.8 Å². The third-order valence-corrected chi connectivity index (χ3v) is 5.55. The van der Waals surface area contributed by atoms with Gasteiger partial charge in [-0.3, -0.25) is 19.3 Å². The first kappa shape index (κ1) is 29.2. The molecule has 2 aromatic carbocycles. The van der Waals surface area contributed by atoms with Crippen LogP contribution in [0.1, 0.15) is 51.0 Å². The van der Waals surface area contributed by atoms with Gasteiger partial charge in [-0.05, 0) is 52.0 Å². The zero-order chi connectivity index (χ0) is 28.7. The molecule has 1 atom stereocenters. The summed E-state index contributed by atoms with van der Waals surface area (Å²) in [4.78, 5) is 41.3. The van der Waals surface area contributed by atoms with E-state index in [0.717, 1.165) is 6.07 Å². The maximum atomic E-state index is 14.4. The fourth-order valence-electron chi connectivity index (χ4n) is 4.00. The Morgan fingerprint density at radius 2 is 1.77 bits per heavy atom. The number of carbonyl (C=O) groups is 3. The highest BCUT2D eigenvalue weighted by Crippen LogP contribution is 2.39. The van der Waals surface area contributed by atoms with Crippen molar-refractivity contribution in [2.75, 3.05) is 24.4 Å². The molecular formula is C28H33FN4O6. The van der Waals surface area contributed by atoms with Crippen LogP contribution in [0, 0.1) is 12.7 Å². The zero-order valence-electron chi connectivity index (χ0n) is 22.8. The number of para-hydroxylation sites is 1. The highest BCUT2D eigenvalue weighted by Gasteiger charge is 2.37. The molecule has 0 spiro atoms. The van der Waals surface area contributed by atoms with Crippen LogP contribution in [0.2, 0.25) is 0 Å². The largest absolute Gasteiger partial charge is 0.493 e. The lowest BCUT2D eigenvalue weighted by molar-refractivity contribution is -0.128. The molecule has 2 N–H and O–H groups in total. The lowest BCUT2D eigenvalue weighted by atomic mass is 9.98. The first-order valence-electron chi connectivity index (χ1n) is 12.3. The lowest BCUT2D eigenvalue weighted by Crippen LogP contribution is -2.49. The third kappa shape index (κ3) is 7.56. The average Bonchev–Trinajstić information content (AvgIpc) is 3.28. The SMILES string of the molecule is COc1cccc([C@@H](C(=O)NC(C)(C)C)N(C(=O)CCC(=O)Nc2cc(C)on2)c2cccc(F)c2)c1OC. The predicted octanol–water partition coefficient (Wildman–Crippen LogP) is 4.55. The molecule has 0 fully saturated rings. The highest BCUT2D eigenvalue weighted by molar-refractivity contribution is 6.03. The van der Waals surface area contributed by atoms with Gasteiger partial charge >= 0.3 is 0 Å². The minimum absolute atomic E-state index is 0.131. The van der Waals surface area contributed by atoms with Gasteiger partial charge in [-0.25, -0.2) is 4.39 Å². The molecule has 11 heteroatoms. The monoisotopic (exact) mass is 540 g/mol. The van der Waals surface area contributed by atoms with E-state index in [1.807, 2.05) is 0 Å². The van der Waals surface area contributed by atoms with Gasteiger partial charge in [-0.15, -0.1) is 0 Å². The van der Waals surface area contributed by atoms with Crippen molar-refractivity contribution in [1.29, 1.82) is 0 Å². The Labute approximate surface area is 226 Å². The van der Waals surface area contributed by atoms with Crippen LogP contribution in [0.25, 0.3) is 0 Å². The molecule has 0 aliphatic heterocycles. The molecule has 208 valence electrons. The van der Waals surface area contributed by atoms with Crippen LogP contribution in [0.3, 0.4) is 0 Å². The number of nitrogens with zero attached hydrogens (tertiary/aromatic N) is 2. The number of aromatic nitrogens is 1. The molecule has 0 bridgehead atoms. The van der Waals surface area contributed by atoms with Crippen LogP contribution in [-0.2, 0) is 14.4 Å². The van der Waals surface area contributed by atoms with Crippen molar-refractivity contribution in [1.82, 2.24) is 10.5 Å². The summed E-state index contributed by atoms with van der Waals surface area (Å²) in [5, 5.41) is 9.18. The number of anilines is 2. The predicted molar refractivity (Wildman–Crippen MR) is 143 cm³/mol. The zero-order valence-corrected chi connectivity index (χ0v) is 22.8. The van der Waals surface area contributed by atoms with Crippen LogP contribution in [0.15, 0.2) is 53.1 Å². The van der Waals surface area contributed by atoms with Gasteiger partial charge in [-0.2, -0.15) is 0 Å². The normalized spacial score (nSPS) is 11.9. The molecule has 0 unspecified atom stereocenters. The van der Waals surface area contributed by atoms with Crippen molar-refractivity contribution in [3.63, 3.8) is 0 Å². The Bertz CT molecular complexity index is 1330. The van der Waals surface area contributed by atoms with E-state index in [2.05, 4.69) is 15.8 Å². The molecule has 3 aromatic rings. The van der Waals surface area contributed by atoms with E-state index < -0.39 is 35.1 Å².